The van der Waals surface area contributed by atoms with Crippen LogP contribution < -0.4 is 0 Å². The normalized spacial score (nSPS) is 39.3. The number of carbonyl (C=O) groups is 1. The summed E-state index contributed by atoms with van der Waals surface area (Å²) in [7, 11) is 0. The van der Waals surface area contributed by atoms with Gasteiger partial charge in [-0.05, 0) is 38.5 Å². The van der Waals surface area contributed by atoms with Gasteiger partial charge in [-0.2, -0.15) is 0 Å². The molecule has 2 rings (SSSR count). The van der Waals surface area contributed by atoms with Crippen molar-refractivity contribution >= 4 is 5.78 Å². The fourth-order valence-corrected chi connectivity index (χ4v) is 3.14. The smallest absolute Gasteiger partial charge is 0.135 e. The molecule has 0 aromatic carbocycles. The molecule has 2 nitrogen and oxygen atoms in total. The number of piperidine rings is 1. The van der Waals surface area contributed by atoms with Gasteiger partial charge in [0.15, 0.2) is 0 Å². The third-order valence-corrected chi connectivity index (χ3v) is 4.19. The third kappa shape index (κ3) is 2.60. The van der Waals surface area contributed by atoms with Crippen LogP contribution in [0.1, 0.15) is 52.4 Å². The van der Waals surface area contributed by atoms with Crippen LogP contribution in [0.3, 0.4) is 0 Å². The number of likely N-dealkylation sites (tertiary alicyclic amines) is 1. The summed E-state index contributed by atoms with van der Waals surface area (Å²) in [6, 6.07) is 1.26. The lowest BCUT2D eigenvalue weighted by Crippen LogP contribution is -2.48. The van der Waals surface area contributed by atoms with Crippen LogP contribution in [0.2, 0.25) is 0 Å². The monoisotopic (exact) mass is 209 g/mol. The van der Waals surface area contributed by atoms with Gasteiger partial charge in [-0.1, -0.05) is 6.92 Å². The average molecular weight is 209 g/mol. The fourth-order valence-electron chi connectivity index (χ4n) is 3.14. The van der Waals surface area contributed by atoms with Crippen molar-refractivity contribution in [2.45, 2.75) is 64.5 Å². The summed E-state index contributed by atoms with van der Waals surface area (Å²) in [4.78, 5) is 13.9. The van der Waals surface area contributed by atoms with Crippen LogP contribution in [0.15, 0.2) is 0 Å². The molecule has 0 spiro atoms. The number of nitrogens with zero attached hydrogens (tertiary/aromatic N) is 1. The highest BCUT2D eigenvalue weighted by atomic mass is 16.1. The van der Waals surface area contributed by atoms with E-state index in [-0.39, 0.29) is 0 Å². The first-order valence-electron chi connectivity index (χ1n) is 6.44. The molecule has 1 heterocycles. The summed E-state index contributed by atoms with van der Waals surface area (Å²) in [5.74, 6) is 1.38. The second-order valence-electron chi connectivity index (χ2n) is 5.49. The van der Waals surface area contributed by atoms with E-state index in [1.165, 1.54) is 25.7 Å². The zero-order valence-corrected chi connectivity index (χ0v) is 10.0. The predicted molar refractivity (Wildman–Crippen MR) is 61.8 cm³/mol. The van der Waals surface area contributed by atoms with Crippen LogP contribution in [-0.4, -0.2) is 29.3 Å². The Labute approximate surface area is 93.0 Å². The van der Waals surface area contributed by atoms with Crippen molar-refractivity contribution in [1.82, 2.24) is 4.90 Å². The van der Waals surface area contributed by atoms with Crippen LogP contribution in [0.5, 0.6) is 0 Å². The molecule has 1 aliphatic carbocycles. The van der Waals surface area contributed by atoms with Crippen LogP contribution >= 0.6 is 0 Å². The van der Waals surface area contributed by atoms with Crippen LogP contribution in [-0.2, 0) is 4.79 Å². The van der Waals surface area contributed by atoms with Gasteiger partial charge < -0.3 is 0 Å². The SMILES string of the molecule is CC1CCC(N2CCC(=O)CC2C)CC1. The first-order chi connectivity index (χ1) is 7.16. The van der Waals surface area contributed by atoms with Gasteiger partial charge >= 0.3 is 0 Å². The maximum Gasteiger partial charge on any atom is 0.135 e. The lowest BCUT2D eigenvalue weighted by molar-refractivity contribution is -0.123. The number of hydrogen-bond acceptors (Lipinski definition) is 2. The fraction of sp³-hybridized carbons (Fsp3) is 0.923. The molecule has 0 N–H and O–H groups in total. The van der Waals surface area contributed by atoms with Gasteiger partial charge in [0.1, 0.15) is 5.78 Å². The zero-order chi connectivity index (χ0) is 10.8. The maximum absolute atomic E-state index is 11.3. The van der Waals surface area contributed by atoms with E-state index in [1.807, 2.05) is 0 Å². The minimum Gasteiger partial charge on any atom is -0.300 e. The van der Waals surface area contributed by atoms with Gasteiger partial charge in [0.25, 0.3) is 0 Å². The van der Waals surface area contributed by atoms with Crippen molar-refractivity contribution in [2.24, 2.45) is 5.92 Å². The minimum atomic E-state index is 0.461. The number of hydrogen-bond donors (Lipinski definition) is 0. The molecule has 1 aliphatic heterocycles. The van der Waals surface area contributed by atoms with E-state index >= 15 is 0 Å². The van der Waals surface area contributed by atoms with Gasteiger partial charge in [-0.15, -0.1) is 0 Å². The molecule has 0 radical (unpaired) electrons. The van der Waals surface area contributed by atoms with Crippen LogP contribution in [0, 0.1) is 5.92 Å². The summed E-state index contributed by atoms with van der Waals surface area (Å²) in [6.45, 7) is 5.59. The second kappa shape index (κ2) is 4.65. The summed E-state index contributed by atoms with van der Waals surface area (Å²) >= 11 is 0. The molecule has 2 aliphatic rings. The summed E-state index contributed by atoms with van der Waals surface area (Å²) in [5, 5.41) is 0. The quantitative estimate of drug-likeness (QED) is 0.661. The average Bonchev–Trinajstić information content (AvgIpc) is 2.20. The van der Waals surface area contributed by atoms with Gasteiger partial charge in [0.05, 0.1) is 0 Å². The Balaban J connectivity index is 1.90. The van der Waals surface area contributed by atoms with E-state index in [0.29, 0.717) is 11.8 Å². The molecular formula is C13H23NO. The lowest BCUT2D eigenvalue weighted by atomic mass is 9.85. The standard InChI is InChI=1S/C13H23NO/c1-10-3-5-12(6-4-10)14-8-7-13(15)9-11(14)2/h10-12H,3-9H2,1-2H3. The number of ketones is 1. The molecule has 1 atom stereocenters. The zero-order valence-electron chi connectivity index (χ0n) is 10.0. The Kier molecular flexibility index (Phi) is 3.45. The van der Waals surface area contributed by atoms with Crippen molar-refractivity contribution in [3.8, 4) is 0 Å². The number of carbonyl (C=O) groups excluding carboxylic acids is 1. The molecule has 2 heteroatoms. The second-order valence-corrected chi connectivity index (χ2v) is 5.49. The van der Waals surface area contributed by atoms with E-state index in [2.05, 4.69) is 18.7 Å². The minimum absolute atomic E-state index is 0.461. The van der Waals surface area contributed by atoms with Crippen molar-refractivity contribution in [2.75, 3.05) is 6.54 Å². The van der Waals surface area contributed by atoms with E-state index < -0.39 is 0 Å². The Morgan fingerprint density at radius 2 is 1.80 bits per heavy atom. The largest absolute Gasteiger partial charge is 0.300 e. The van der Waals surface area contributed by atoms with Gasteiger partial charge in [-0.25, -0.2) is 0 Å². The summed E-state index contributed by atoms with van der Waals surface area (Å²) in [5.41, 5.74) is 0. The third-order valence-electron chi connectivity index (χ3n) is 4.19. The predicted octanol–water partition coefficient (Wildman–Crippen LogP) is 2.62. The van der Waals surface area contributed by atoms with Crippen molar-refractivity contribution in [3.05, 3.63) is 0 Å². The maximum atomic E-state index is 11.3. The molecule has 86 valence electrons. The summed E-state index contributed by atoms with van der Waals surface area (Å²) in [6.07, 6.45) is 7.02. The molecule has 0 bridgehead atoms. The number of Topliss-reactive ketones (excluding diaryl/α,β-unsaturated/α-hetero) is 1. The van der Waals surface area contributed by atoms with Crippen molar-refractivity contribution in [1.29, 1.82) is 0 Å². The van der Waals surface area contributed by atoms with Crippen molar-refractivity contribution in [3.63, 3.8) is 0 Å². The van der Waals surface area contributed by atoms with Gasteiger partial charge in [0, 0.05) is 31.5 Å². The van der Waals surface area contributed by atoms with Gasteiger partial charge in [-0.3, -0.25) is 9.69 Å². The van der Waals surface area contributed by atoms with Crippen LogP contribution in [0.4, 0.5) is 0 Å². The Morgan fingerprint density at radius 1 is 1.13 bits per heavy atom. The summed E-state index contributed by atoms with van der Waals surface area (Å²) < 4.78 is 0. The first-order valence-corrected chi connectivity index (χ1v) is 6.44. The Morgan fingerprint density at radius 3 is 2.40 bits per heavy atom. The molecule has 0 aromatic rings. The van der Waals surface area contributed by atoms with E-state index in [9.17, 15) is 4.79 Å². The topological polar surface area (TPSA) is 20.3 Å². The van der Waals surface area contributed by atoms with Gasteiger partial charge in [0.2, 0.25) is 0 Å². The highest BCUT2D eigenvalue weighted by molar-refractivity contribution is 5.79. The van der Waals surface area contributed by atoms with E-state index in [4.69, 9.17) is 0 Å². The van der Waals surface area contributed by atoms with Crippen LogP contribution in [0.25, 0.3) is 0 Å². The lowest BCUT2D eigenvalue weighted by Gasteiger charge is -2.41. The Hall–Kier alpha value is -0.370. The molecular weight excluding hydrogens is 186 g/mol. The molecule has 1 saturated carbocycles. The molecule has 0 aromatic heterocycles. The highest BCUT2D eigenvalue weighted by Gasteiger charge is 2.31. The first kappa shape index (κ1) is 11.1. The Bertz CT molecular complexity index is 231. The van der Waals surface area contributed by atoms with E-state index in [0.717, 1.165) is 31.3 Å². The molecule has 2 fully saturated rings. The molecule has 0 amide bonds. The molecule has 1 saturated heterocycles. The van der Waals surface area contributed by atoms with Crippen molar-refractivity contribution < 1.29 is 4.79 Å². The van der Waals surface area contributed by atoms with E-state index in [1.54, 1.807) is 0 Å². The molecule has 15 heavy (non-hydrogen) atoms. The number of rotatable bonds is 1. The molecule has 1 unspecified atom stereocenters. The highest BCUT2D eigenvalue weighted by Crippen LogP contribution is 2.30.